The number of unbranched alkanes of at least 4 members (excludes halogenated alkanes) is 42. The van der Waals surface area contributed by atoms with E-state index in [0.717, 1.165) is 32.1 Å². The second-order valence-electron chi connectivity index (χ2n) is 18.9. The van der Waals surface area contributed by atoms with Gasteiger partial charge in [0.05, 0.1) is 6.61 Å². The first-order valence-electron chi connectivity index (χ1n) is 27.3. The topological polar surface area (TPSA) is 119 Å². The van der Waals surface area contributed by atoms with Crippen molar-refractivity contribution in [3.8, 4) is 0 Å². The molecule has 0 heterocycles. The first kappa shape index (κ1) is 61.0. The van der Waals surface area contributed by atoms with Crippen LogP contribution in [0.25, 0.3) is 0 Å². The molecule has 0 aliphatic heterocycles. The molecule has 0 aliphatic carbocycles. The fourth-order valence-electron chi connectivity index (χ4n) is 8.56. The van der Waals surface area contributed by atoms with E-state index >= 15 is 0 Å². The summed E-state index contributed by atoms with van der Waals surface area (Å²) < 4.78 is 26.6. The van der Waals surface area contributed by atoms with Gasteiger partial charge in [-0.15, -0.1) is 0 Å². The van der Waals surface area contributed by atoms with Gasteiger partial charge in [0.15, 0.2) is 6.10 Å². The Bertz CT molecular complexity index is 971. The number of esters is 2. The molecule has 0 fully saturated rings. The van der Waals surface area contributed by atoms with Gasteiger partial charge in [0.25, 0.3) is 0 Å². The molecule has 0 aromatic carbocycles. The van der Waals surface area contributed by atoms with Gasteiger partial charge in [-0.1, -0.05) is 284 Å². The molecule has 0 aliphatic rings. The minimum absolute atomic E-state index is 0.221. The summed E-state index contributed by atoms with van der Waals surface area (Å²) in [6.07, 6.45) is 57.1. The van der Waals surface area contributed by atoms with Gasteiger partial charge in [0.1, 0.15) is 6.61 Å². The smallest absolute Gasteiger partial charge is 0.462 e. The zero-order valence-corrected chi connectivity index (χ0v) is 42.2. The van der Waals surface area contributed by atoms with Crippen molar-refractivity contribution < 1.29 is 37.9 Å². The lowest BCUT2D eigenvalue weighted by Crippen LogP contribution is -2.29. The minimum atomic E-state index is -4.75. The third kappa shape index (κ3) is 51.7. The number of phosphoric acid groups is 1. The standard InChI is InChI=1S/C53H105O8P/c1-3-5-7-9-11-13-15-17-19-21-23-25-26-27-28-30-32-34-36-38-40-42-44-46-48-53(55)61-51(50-60-62(56,57)58)49-59-52(54)47-45-43-41-39-37-35-33-31-29-24-22-20-18-16-14-12-10-8-6-4-2/h51H,3-50H2,1-2H3,(H2,56,57,58). The lowest BCUT2D eigenvalue weighted by Gasteiger charge is -2.18. The molecule has 2 N–H and O–H groups in total. The molecule has 1 atom stereocenters. The van der Waals surface area contributed by atoms with Crippen molar-refractivity contribution in [3.05, 3.63) is 0 Å². The lowest BCUT2D eigenvalue weighted by molar-refractivity contribution is -0.161. The molecule has 0 radical (unpaired) electrons. The van der Waals surface area contributed by atoms with Crippen LogP contribution in [0.15, 0.2) is 0 Å². The molecule has 0 spiro atoms. The summed E-state index contributed by atoms with van der Waals surface area (Å²) in [6, 6.07) is 0. The second kappa shape index (κ2) is 49.5. The van der Waals surface area contributed by atoms with Crippen LogP contribution < -0.4 is 0 Å². The molecule has 370 valence electrons. The lowest BCUT2D eigenvalue weighted by atomic mass is 10.0. The Balaban J connectivity index is 3.72. The first-order chi connectivity index (χ1) is 30.3. The molecule has 0 amide bonds. The van der Waals surface area contributed by atoms with Crippen LogP contribution in [-0.4, -0.2) is 41.0 Å². The molecule has 62 heavy (non-hydrogen) atoms. The molecule has 9 heteroatoms. The fourth-order valence-corrected chi connectivity index (χ4v) is 8.92. The molecule has 0 saturated carbocycles. The van der Waals surface area contributed by atoms with Crippen molar-refractivity contribution in [3.63, 3.8) is 0 Å². The van der Waals surface area contributed by atoms with Crippen LogP contribution in [0.2, 0.25) is 0 Å². The van der Waals surface area contributed by atoms with Crippen LogP contribution in [0.4, 0.5) is 0 Å². The van der Waals surface area contributed by atoms with Crippen LogP contribution in [0.5, 0.6) is 0 Å². The third-order valence-electron chi connectivity index (χ3n) is 12.6. The molecular weight excluding hydrogens is 796 g/mol. The molecule has 0 saturated heterocycles. The molecule has 8 nitrogen and oxygen atoms in total. The third-order valence-corrected chi connectivity index (χ3v) is 13.1. The van der Waals surface area contributed by atoms with Gasteiger partial charge in [0.2, 0.25) is 0 Å². The highest BCUT2D eigenvalue weighted by molar-refractivity contribution is 7.46. The molecule has 0 rings (SSSR count). The molecule has 0 bridgehead atoms. The van der Waals surface area contributed by atoms with Crippen LogP contribution in [0.1, 0.15) is 309 Å². The van der Waals surface area contributed by atoms with Gasteiger partial charge in [0, 0.05) is 12.8 Å². The van der Waals surface area contributed by atoms with E-state index in [0.29, 0.717) is 6.42 Å². The number of rotatable bonds is 52. The Morgan fingerprint density at radius 3 is 0.823 bits per heavy atom. The number of hydrogen-bond acceptors (Lipinski definition) is 6. The van der Waals surface area contributed by atoms with Gasteiger partial charge in [-0.25, -0.2) is 4.57 Å². The Morgan fingerprint density at radius 1 is 0.355 bits per heavy atom. The average Bonchev–Trinajstić information content (AvgIpc) is 3.25. The van der Waals surface area contributed by atoms with Gasteiger partial charge in [-0.3, -0.25) is 14.1 Å². The highest BCUT2D eigenvalue weighted by Gasteiger charge is 2.23. The van der Waals surface area contributed by atoms with Crippen LogP contribution in [0.3, 0.4) is 0 Å². The van der Waals surface area contributed by atoms with E-state index in [9.17, 15) is 14.2 Å². The quantitative estimate of drug-likeness (QED) is 0.0352. The van der Waals surface area contributed by atoms with E-state index in [1.165, 1.54) is 244 Å². The molecule has 0 aromatic heterocycles. The fraction of sp³-hybridized carbons (Fsp3) is 0.962. The van der Waals surface area contributed by atoms with E-state index < -0.39 is 32.5 Å². The summed E-state index contributed by atoms with van der Waals surface area (Å²) in [5.74, 6) is -0.858. The molecule has 0 aromatic rings. The number of ether oxygens (including phenoxy) is 2. The van der Waals surface area contributed by atoms with Gasteiger partial charge < -0.3 is 19.3 Å². The zero-order valence-electron chi connectivity index (χ0n) is 41.3. The molecular formula is C53H105O8P. The summed E-state index contributed by atoms with van der Waals surface area (Å²) in [4.78, 5) is 43.2. The van der Waals surface area contributed by atoms with Crippen LogP contribution in [0, 0.1) is 0 Å². The average molecular weight is 901 g/mol. The monoisotopic (exact) mass is 901 g/mol. The number of phosphoric ester groups is 1. The van der Waals surface area contributed by atoms with Crippen molar-refractivity contribution in [2.24, 2.45) is 0 Å². The Kier molecular flexibility index (Phi) is 48.7. The maximum Gasteiger partial charge on any atom is 0.469 e. The SMILES string of the molecule is CCCCCCCCCCCCCCCCCCCCCCCCCCC(=O)OC(COC(=O)CCCCCCCCCCCCCCCCCCCCCC)COP(=O)(O)O. The van der Waals surface area contributed by atoms with Gasteiger partial charge in [-0.2, -0.15) is 0 Å². The van der Waals surface area contributed by atoms with E-state index in [-0.39, 0.29) is 19.4 Å². The number of hydrogen-bond donors (Lipinski definition) is 2. The van der Waals surface area contributed by atoms with Crippen molar-refractivity contribution in [1.82, 2.24) is 0 Å². The highest BCUT2D eigenvalue weighted by Crippen LogP contribution is 2.36. The first-order valence-corrected chi connectivity index (χ1v) is 28.9. The second-order valence-corrected chi connectivity index (χ2v) is 20.2. The van der Waals surface area contributed by atoms with Gasteiger partial charge in [-0.05, 0) is 12.8 Å². The van der Waals surface area contributed by atoms with E-state index in [1.807, 2.05) is 0 Å². The summed E-state index contributed by atoms with van der Waals surface area (Å²) in [5.41, 5.74) is 0. The normalized spacial score (nSPS) is 12.3. The van der Waals surface area contributed by atoms with Crippen molar-refractivity contribution >= 4 is 19.8 Å². The zero-order chi connectivity index (χ0) is 45.3. The van der Waals surface area contributed by atoms with Crippen molar-refractivity contribution in [1.29, 1.82) is 0 Å². The molecule has 1 unspecified atom stereocenters. The van der Waals surface area contributed by atoms with E-state index in [2.05, 4.69) is 18.4 Å². The minimum Gasteiger partial charge on any atom is -0.462 e. The Morgan fingerprint density at radius 2 is 0.581 bits per heavy atom. The maximum atomic E-state index is 12.5. The highest BCUT2D eigenvalue weighted by atomic mass is 31.2. The Hall–Kier alpha value is -0.950. The van der Waals surface area contributed by atoms with Crippen LogP contribution in [-0.2, 0) is 28.2 Å². The number of carbonyl (C=O) groups is 2. The summed E-state index contributed by atoms with van der Waals surface area (Å²) in [5, 5.41) is 0. The predicted molar refractivity (Wildman–Crippen MR) is 263 cm³/mol. The van der Waals surface area contributed by atoms with E-state index in [4.69, 9.17) is 19.3 Å². The summed E-state index contributed by atoms with van der Waals surface area (Å²) >= 11 is 0. The number of carbonyl (C=O) groups excluding carboxylic acids is 2. The van der Waals surface area contributed by atoms with Crippen molar-refractivity contribution in [2.45, 2.75) is 315 Å². The van der Waals surface area contributed by atoms with Gasteiger partial charge >= 0.3 is 19.8 Å². The predicted octanol–water partition coefficient (Wildman–Crippen LogP) is 17.5. The van der Waals surface area contributed by atoms with Crippen molar-refractivity contribution in [2.75, 3.05) is 13.2 Å². The van der Waals surface area contributed by atoms with E-state index in [1.54, 1.807) is 0 Å². The van der Waals surface area contributed by atoms with Crippen LogP contribution >= 0.6 is 7.82 Å². The maximum absolute atomic E-state index is 12.5. The Labute approximate surface area is 385 Å². The summed E-state index contributed by atoms with van der Waals surface area (Å²) in [7, 11) is -4.75. The summed E-state index contributed by atoms with van der Waals surface area (Å²) in [6.45, 7) is 3.76. The largest absolute Gasteiger partial charge is 0.469 e.